The summed E-state index contributed by atoms with van der Waals surface area (Å²) in [6.07, 6.45) is 2.09. The maximum Gasteiger partial charge on any atom is 0.231 e. The second kappa shape index (κ2) is 7.07. The molecule has 0 radical (unpaired) electrons. The van der Waals surface area contributed by atoms with Gasteiger partial charge in [0.2, 0.25) is 5.91 Å². The van der Waals surface area contributed by atoms with E-state index < -0.39 is 0 Å². The molecule has 0 bridgehead atoms. The van der Waals surface area contributed by atoms with Crippen LogP contribution in [-0.4, -0.2) is 36.5 Å². The molecule has 3 N–H and O–H groups in total. The van der Waals surface area contributed by atoms with Crippen molar-refractivity contribution in [2.75, 3.05) is 19.6 Å². The molecule has 0 aliphatic carbocycles. The second-order valence-corrected chi connectivity index (χ2v) is 5.89. The lowest BCUT2D eigenvalue weighted by Gasteiger charge is -2.33. The smallest absolute Gasteiger partial charge is 0.231 e. The monoisotopic (exact) mass is 295 g/mol. The van der Waals surface area contributed by atoms with Gasteiger partial charge >= 0.3 is 0 Å². The minimum Gasteiger partial charge on any atom is -0.369 e. The molecule has 1 aromatic carbocycles. The number of carbonyl (C=O) groups is 1. The van der Waals surface area contributed by atoms with Crippen LogP contribution in [0.1, 0.15) is 31.4 Å². The van der Waals surface area contributed by atoms with E-state index in [1.54, 1.807) is 0 Å². The summed E-state index contributed by atoms with van der Waals surface area (Å²) in [7, 11) is 0. The summed E-state index contributed by atoms with van der Waals surface area (Å²) >= 11 is 5.90. The fourth-order valence-electron chi connectivity index (χ4n) is 2.68. The van der Waals surface area contributed by atoms with E-state index in [4.69, 9.17) is 17.3 Å². The molecule has 1 atom stereocenters. The van der Waals surface area contributed by atoms with E-state index in [-0.39, 0.29) is 5.91 Å². The predicted octanol–water partition coefficient (Wildman–Crippen LogP) is 1.94. The molecule has 1 saturated heterocycles. The number of nitrogens with two attached hydrogens (primary N) is 1. The number of benzene rings is 1. The van der Waals surface area contributed by atoms with Gasteiger partial charge in [0, 0.05) is 30.2 Å². The molecule has 1 fully saturated rings. The van der Waals surface area contributed by atoms with Crippen molar-refractivity contribution in [2.24, 2.45) is 5.73 Å². The van der Waals surface area contributed by atoms with Gasteiger partial charge in [0.25, 0.3) is 0 Å². The first kappa shape index (κ1) is 15.3. The standard InChI is InChI=1S/C15H22ClN3O/c1-11(12-2-4-13(16)5-3-12)18-14-6-8-19(9-7-14)10-15(17)20/h2-5,11,14,18H,6-10H2,1H3,(H2,17,20). The fourth-order valence-corrected chi connectivity index (χ4v) is 2.81. The molecule has 0 aromatic heterocycles. The van der Waals surface area contributed by atoms with Gasteiger partial charge < -0.3 is 11.1 Å². The maximum atomic E-state index is 10.9. The molecule has 1 aromatic rings. The summed E-state index contributed by atoms with van der Waals surface area (Å²) in [5.41, 5.74) is 6.46. The van der Waals surface area contributed by atoms with Crippen molar-refractivity contribution in [1.29, 1.82) is 0 Å². The SMILES string of the molecule is CC(NC1CCN(CC(N)=O)CC1)c1ccc(Cl)cc1. The summed E-state index contributed by atoms with van der Waals surface area (Å²) in [6, 6.07) is 8.75. The Kier molecular flexibility index (Phi) is 5.40. The third-order valence-corrected chi connectivity index (χ3v) is 4.07. The summed E-state index contributed by atoms with van der Waals surface area (Å²) < 4.78 is 0. The van der Waals surface area contributed by atoms with Gasteiger partial charge in [-0.15, -0.1) is 0 Å². The normalized spacial score (nSPS) is 18.9. The highest BCUT2D eigenvalue weighted by atomic mass is 35.5. The zero-order chi connectivity index (χ0) is 14.5. The topological polar surface area (TPSA) is 58.4 Å². The number of hydrogen-bond acceptors (Lipinski definition) is 3. The number of hydrogen-bond donors (Lipinski definition) is 2. The first-order chi connectivity index (χ1) is 9.54. The summed E-state index contributed by atoms with van der Waals surface area (Å²) in [5.74, 6) is -0.244. The van der Waals surface area contributed by atoms with Crippen molar-refractivity contribution < 1.29 is 4.79 Å². The Morgan fingerprint density at radius 1 is 1.40 bits per heavy atom. The van der Waals surface area contributed by atoms with Gasteiger partial charge in [-0.3, -0.25) is 9.69 Å². The average molecular weight is 296 g/mol. The van der Waals surface area contributed by atoms with Gasteiger partial charge in [0.05, 0.1) is 6.54 Å². The number of piperidine rings is 1. The fraction of sp³-hybridized carbons (Fsp3) is 0.533. The third kappa shape index (κ3) is 4.47. The Bertz CT molecular complexity index is 441. The summed E-state index contributed by atoms with van der Waals surface area (Å²) in [5, 5.41) is 4.41. The minimum absolute atomic E-state index is 0.244. The van der Waals surface area contributed by atoms with Crippen LogP contribution >= 0.6 is 11.6 Å². The molecule has 1 unspecified atom stereocenters. The molecule has 110 valence electrons. The Morgan fingerprint density at radius 2 is 2.00 bits per heavy atom. The van der Waals surface area contributed by atoms with E-state index in [1.807, 2.05) is 12.1 Å². The van der Waals surface area contributed by atoms with Gasteiger partial charge in [0.1, 0.15) is 0 Å². The molecule has 1 aliphatic heterocycles. The lowest BCUT2D eigenvalue weighted by molar-refractivity contribution is -0.119. The number of rotatable bonds is 5. The van der Waals surface area contributed by atoms with E-state index >= 15 is 0 Å². The van der Waals surface area contributed by atoms with Crippen LogP contribution in [-0.2, 0) is 4.79 Å². The van der Waals surface area contributed by atoms with Crippen LogP contribution < -0.4 is 11.1 Å². The van der Waals surface area contributed by atoms with Gasteiger partial charge in [-0.05, 0) is 37.5 Å². The van der Waals surface area contributed by atoms with Crippen LogP contribution in [0.4, 0.5) is 0 Å². The number of amides is 1. The quantitative estimate of drug-likeness (QED) is 0.873. The van der Waals surface area contributed by atoms with E-state index in [9.17, 15) is 4.79 Å². The van der Waals surface area contributed by atoms with Crippen LogP contribution in [0.5, 0.6) is 0 Å². The first-order valence-corrected chi connectivity index (χ1v) is 7.44. The summed E-state index contributed by atoms with van der Waals surface area (Å²) in [4.78, 5) is 13.0. The summed E-state index contributed by atoms with van der Waals surface area (Å²) in [6.45, 7) is 4.39. The van der Waals surface area contributed by atoms with E-state index in [1.165, 1.54) is 5.56 Å². The largest absolute Gasteiger partial charge is 0.369 e. The molecule has 1 aliphatic rings. The average Bonchev–Trinajstić information content (AvgIpc) is 2.41. The van der Waals surface area contributed by atoms with Gasteiger partial charge in [0.15, 0.2) is 0 Å². The molecular formula is C15H22ClN3O. The van der Waals surface area contributed by atoms with Crippen molar-refractivity contribution in [1.82, 2.24) is 10.2 Å². The van der Waals surface area contributed by atoms with E-state index in [0.717, 1.165) is 31.0 Å². The number of likely N-dealkylation sites (tertiary alicyclic amines) is 1. The van der Waals surface area contributed by atoms with E-state index in [2.05, 4.69) is 29.3 Å². The Hall–Kier alpha value is -1.10. The zero-order valence-corrected chi connectivity index (χ0v) is 12.6. The Balaban J connectivity index is 1.80. The predicted molar refractivity (Wildman–Crippen MR) is 81.7 cm³/mol. The van der Waals surface area contributed by atoms with Gasteiger partial charge in [-0.25, -0.2) is 0 Å². The van der Waals surface area contributed by atoms with Crippen LogP contribution in [0.3, 0.4) is 0 Å². The number of carbonyl (C=O) groups excluding carboxylic acids is 1. The second-order valence-electron chi connectivity index (χ2n) is 5.46. The number of halogens is 1. The van der Waals surface area contributed by atoms with Gasteiger partial charge in [-0.1, -0.05) is 23.7 Å². The highest BCUT2D eigenvalue weighted by Crippen LogP contribution is 2.19. The minimum atomic E-state index is -0.244. The van der Waals surface area contributed by atoms with Crippen LogP contribution in [0.2, 0.25) is 5.02 Å². The van der Waals surface area contributed by atoms with Crippen LogP contribution in [0.25, 0.3) is 0 Å². The third-order valence-electron chi connectivity index (χ3n) is 3.82. The molecular weight excluding hydrogens is 274 g/mol. The zero-order valence-electron chi connectivity index (χ0n) is 11.8. The first-order valence-electron chi connectivity index (χ1n) is 7.07. The molecule has 0 saturated carbocycles. The van der Waals surface area contributed by atoms with Crippen molar-refractivity contribution in [2.45, 2.75) is 31.8 Å². The van der Waals surface area contributed by atoms with Gasteiger partial charge in [-0.2, -0.15) is 0 Å². The van der Waals surface area contributed by atoms with Crippen molar-refractivity contribution in [3.05, 3.63) is 34.9 Å². The molecule has 4 nitrogen and oxygen atoms in total. The number of nitrogens with zero attached hydrogens (tertiary/aromatic N) is 1. The molecule has 1 heterocycles. The number of primary amides is 1. The molecule has 20 heavy (non-hydrogen) atoms. The van der Waals surface area contributed by atoms with Crippen molar-refractivity contribution in [3.63, 3.8) is 0 Å². The Morgan fingerprint density at radius 3 is 2.55 bits per heavy atom. The van der Waals surface area contributed by atoms with E-state index in [0.29, 0.717) is 18.6 Å². The molecule has 5 heteroatoms. The maximum absolute atomic E-state index is 10.9. The lowest BCUT2D eigenvalue weighted by atomic mass is 10.0. The highest BCUT2D eigenvalue weighted by molar-refractivity contribution is 6.30. The Labute approximate surface area is 125 Å². The van der Waals surface area contributed by atoms with Crippen LogP contribution in [0.15, 0.2) is 24.3 Å². The highest BCUT2D eigenvalue weighted by Gasteiger charge is 2.21. The lowest BCUT2D eigenvalue weighted by Crippen LogP contribution is -2.45. The molecule has 2 rings (SSSR count). The van der Waals surface area contributed by atoms with Crippen LogP contribution in [0, 0.1) is 0 Å². The number of nitrogens with one attached hydrogen (secondary N) is 1. The molecule has 1 amide bonds. The van der Waals surface area contributed by atoms with Crippen molar-refractivity contribution >= 4 is 17.5 Å². The van der Waals surface area contributed by atoms with Crippen molar-refractivity contribution in [3.8, 4) is 0 Å². The molecule has 0 spiro atoms.